The van der Waals surface area contributed by atoms with Crippen molar-refractivity contribution in [2.45, 2.75) is 13.8 Å². The maximum Gasteiger partial charge on any atom is 0.331 e. The summed E-state index contributed by atoms with van der Waals surface area (Å²) in [6, 6.07) is 0. The molecule has 0 rings (SSSR count). The predicted octanol–water partition coefficient (Wildman–Crippen LogP) is -0.989. The molecule has 0 aliphatic carbocycles. The lowest BCUT2D eigenvalue weighted by Gasteiger charge is -1.93. The van der Waals surface area contributed by atoms with Gasteiger partial charge in [0.1, 0.15) is 6.61 Å². The highest BCUT2D eigenvalue weighted by molar-refractivity contribution is 5.70. The summed E-state index contributed by atoms with van der Waals surface area (Å²) in [5, 5.41) is 7.99. The van der Waals surface area contributed by atoms with Gasteiger partial charge in [-0.3, -0.25) is 11.3 Å². The maximum absolute atomic E-state index is 9.94. The average molecular weight is 164 g/mol. The molecular weight excluding hydrogens is 148 g/mol. The van der Waals surface area contributed by atoms with Crippen LogP contribution in [0.3, 0.4) is 0 Å². The number of ether oxygens (including phenoxy) is 1. The number of hydrogen-bond acceptors (Lipinski definition) is 5. The summed E-state index contributed by atoms with van der Waals surface area (Å²) >= 11 is 0. The van der Waals surface area contributed by atoms with Gasteiger partial charge < -0.3 is 9.84 Å². The van der Waals surface area contributed by atoms with Crippen LogP contribution in [0, 0.1) is 0 Å². The molecule has 0 aliphatic rings. The lowest BCUT2D eigenvalue weighted by molar-refractivity contribution is -0.146. The standard InChI is InChI=1S/C4H8O3.C2H8N2/c1-2-7-4(6)3-5;1-2-4-3/h5H,2-3H2,1H3;4H,2-3H2,1H3. The summed E-state index contributed by atoms with van der Waals surface area (Å²) in [4.78, 5) is 9.94. The topological polar surface area (TPSA) is 84.6 Å². The van der Waals surface area contributed by atoms with E-state index in [-0.39, 0.29) is 0 Å². The second kappa shape index (κ2) is 12.1. The Bertz CT molecular complexity index is 85.9. The number of esters is 1. The van der Waals surface area contributed by atoms with Crippen molar-refractivity contribution in [2.75, 3.05) is 19.8 Å². The number of hydrazine groups is 1. The first-order valence-corrected chi connectivity index (χ1v) is 3.42. The third-order valence-corrected chi connectivity index (χ3v) is 0.639. The number of rotatable bonds is 3. The van der Waals surface area contributed by atoms with E-state index in [0.29, 0.717) is 6.61 Å². The molecule has 0 amide bonds. The average Bonchev–Trinajstić information content (AvgIpc) is 2.05. The molecule has 0 atom stereocenters. The van der Waals surface area contributed by atoms with Crippen LogP contribution >= 0.6 is 0 Å². The first kappa shape index (κ1) is 13.0. The van der Waals surface area contributed by atoms with Crippen molar-refractivity contribution < 1.29 is 14.6 Å². The fraction of sp³-hybridized carbons (Fsp3) is 0.833. The van der Waals surface area contributed by atoms with Gasteiger partial charge in [0.25, 0.3) is 0 Å². The highest BCUT2D eigenvalue weighted by Gasteiger charge is 1.92. The van der Waals surface area contributed by atoms with Crippen LogP contribution in [0.4, 0.5) is 0 Å². The smallest absolute Gasteiger partial charge is 0.331 e. The lowest BCUT2D eigenvalue weighted by Crippen LogP contribution is -2.20. The van der Waals surface area contributed by atoms with Crippen molar-refractivity contribution in [3.63, 3.8) is 0 Å². The lowest BCUT2D eigenvalue weighted by atomic mass is 10.7. The summed E-state index contributed by atoms with van der Waals surface area (Å²) in [6.45, 7) is 4.29. The minimum atomic E-state index is -0.567. The molecule has 0 heterocycles. The largest absolute Gasteiger partial charge is 0.464 e. The van der Waals surface area contributed by atoms with E-state index < -0.39 is 12.6 Å². The van der Waals surface area contributed by atoms with E-state index in [0.717, 1.165) is 6.54 Å². The van der Waals surface area contributed by atoms with E-state index in [1.807, 2.05) is 6.92 Å². The van der Waals surface area contributed by atoms with Crippen LogP contribution in [-0.4, -0.2) is 30.8 Å². The Balaban J connectivity index is 0. The minimum absolute atomic E-state index is 0.333. The monoisotopic (exact) mass is 164 g/mol. The Labute approximate surface area is 66.5 Å². The molecule has 0 saturated heterocycles. The molecule has 0 unspecified atom stereocenters. The maximum atomic E-state index is 9.94. The molecule has 0 bridgehead atoms. The van der Waals surface area contributed by atoms with Gasteiger partial charge >= 0.3 is 5.97 Å². The summed E-state index contributed by atoms with van der Waals surface area (Å²) in [5.41, 5.74) is 2.43. The Kier molecular flexibility index (Phi) is 14.2. The van der Waals surface area contributed by atoms with Crippen LogP contribution in [-0.2, 0) is 9.53 Å². The Morgan fingerprint density at radius 3 is 2.18 bits per heavy atom. The molecule has 5 nitrogen and oxygen atoms in total. The molecule has 68 valence electrons. The summed E-state index contributed by atoms with van der Waals surface area (Å²) < 4.78 is 4.30. The van der Waals surface area contributed by atoms with Gasteiger partial charge in [-0.05, 0) is 6.92 Å². The van der Waals surface area contributed by atoms with E-state index >= 15 is 0 Å². The van der Waals surface area contributed by atoms with Crippen LogP contribution in [0.1, 0.15) is 13.8 Å². The third kappa shape index (κ3) is 17.6. The van der Waals surface area contributed by atoms with Gasteiger partial charge in [0, 0.05) is 6.54 Å². The van der Waals surface area contributed by atoms with Gasteiger partial charge in [-0.25, -0.2) is 4.79 Å². The van der Waals surface area contributed by atoms with E-state index in [4.69, 9.17) is 10.9 Å². The van der Waals surface area contributed by atoms with Crippen molar-refractivity contribution in [3.8, 4) is 0 Å². The minimum Gasteiger partial charge on any atom is -0.464 e. The number of hydrogen-bond donors (Lipinski definition) is 3. The zero-order valence-electron chi connectivity index (χ0n) is 6.96. The van der Waals surface area contributed by atoms with Crippen LogP contribution in [0.5, 0.6) is 0 Å². The molecule has 0 fully saturated rings. The first-order chi connectivity index (χ1) is 5.22. The second-order valence-electron chi connectivity index (χ2n) is 1.52. The molecule has 0 aliphatic heterocycles. The highest BCUT2D eigenvalue weighted by Crippen LogP contribution is 1.71. The number of carbonyl (C=O) groups excluding carboxylic acids is 1. The highest BCUT2D eigenvalue weighted by atomic mass is 16.5. The van der Waals surface area contributed by atoms with Crippen molar-refractivity contribution in [1.29, 1.82) is 0 Å². The molecule has 0 radical (unpaired) electrons. The van der Waals surface area contributed by atoms with E-state index in [1.54, 1.807) is 6.92 Å². The summed E-state index contributed by atoms with van der Waals surface area (Å²) in [7, 11) is 0. The van der Waals surface area contributed by atoms with Crippen LogP contribution in [0.2, 0.25) is 0 Å². The van der Waals surface area contributed by atoms with Crippen molar-refractivity contribution in [1.82, 2.24) is 5.43 Å². The van der Waals surface area contributed by atoms with Gasteiger partial charge in [0.15, 0.2) is 0 Å². The molecule has 0 spiro atoms. The number of aliphatic hydroxyl groups excluding tert-OH is 1. The quantitative estimate of drug-likeness (QED) is 0.283. The molecule has 4 N–H and O–H groups in total. The second-order valence-corrected chi connectivity index (χ2v) is 1.52. The van der Waals surface area contributed by atoms with Crippen molar-refractivity contribution in [2.24, 2.45) is 5.84 Å². The van der Waals surface area contributed by atoms with Gasteiger partial charge in [-0.1, -0.05) is 6.92 Å². The van der Waals surface area contributed by atoms with Gasteiger partial charge in [0.2, 0.25) is 0 Å². The zero-order chi connectivity index (χ0) is 9.11. The van der Waals surface area contributed by atoms with E-state index in [2.05, 4.69) is 10.2 Å². The van der Waals surface area contributed by atoms with Crippen molar-refractivity contribution >= 4 is 5.97 Å². The third-order valence-electron chi connectivity index (χ3n) is 0.639. The van der Waals surface area contributed by atoms with Crippen LogP contribution in [0.25, 0.3) is 0 Å². The zero-order valence-corrected chi connectivity index (χ0v) is 6.96. The molecule has 11 heavy (non-hydrogen) atoms. The summed E-state index contributed by atoms with van der Waals surface area (Å²) in [6.07, 6.45) is 0. The van der Waals surface area contributed by atoms with Crippen LogP contribution < -0.4 is 11.3 Å². The van der Waals surface area contributed by atoms with E-state index in [1.165, 1.54) is 0 Å². The number of nitrogens with two attached hydrogens (primary N) is 1. The fourth-order valence-electron chi connectivity index (χ4n) is 0.207. The SMILES string of the molecule is CCNN.CCOC(=O)CO. The van der Waals surface area contributed by atoms with Gasteiger partial charge in [-0.15, -0.1) is 0 Å². The Hall–Kier alpha value is -0.650. The number of aliphatic hydroxyl groups is 1. The summed E-state index contributed by atoms with van der Waals surface area (Å²) in [5.74, 6) is 4.21. The molecule has 0 aromatic carbocycles. The molecule has 5 heteroatoms. The molecule has 0 aromatic heterocycles. The normalized spacial score (nSPS) is 8.00. The van der Waals surface area contributed by atoms with E-state index in [9.17, 15) is 4.79 Å². The Morgan fingerprint density at radius 1 is 1.64 bits per heavy atom. The fourth-order valence-corrected chi connectivity index (χ4v) is 0.207. The predicted molar refractivity (Wildman–Crippen MR) is 41.6 cm³/mol. The molecular formula is C6H16N2O3. The van der Waals surface area contributed by atoms with Crippen molar-refractivity contribution in [3.05, 3.63) is 0 Å². The molecule has 0 aromatic rings. The number of nitrogens with one attached hydrogen (secondary N) is 1. The van der Waals surface area contributed by atoms with Gasteiger partial charge in [-0.2, -0.15) is 0 Å². The molecule has 0 saturated carbocycles. The first-order valence-electron chi connectivity index (χ1n) is 3.42. The number of carbonyl (C=O) groups is 1. The van der Waals surface area contributed by atoms with Crippen LogP contribution in [0.15, 0.2) is 0 Å². The Morgan fingerprint density at radius 2 is 2.09 bits per heavy atom. The van der Waals surface area contributed by atoms with Gasteiger partial charge in [0.05, 0.1) is 6.61 Å².